The van der Waals surface area contributed by atoms with Gasteiger partial charge in [0.1, 0.15) is 0 Å². The molecule has 0 radical (unpaired) electrons. The maximum atomic E-state index is 11.9. The van der Waals surface area contributed by atoms with Gasteiger partial charge in [-0.15, -0.1) is 0 Å². The van der Waals surface area contributed by atoms with E-state index in [1.54, 1.807) is 4.90 Å². The fourth-order valence-corrected chi connectivity index (χ4v) is 2.28. The number of hydrogen-bond donors (Lipinski definition) is 1. The molecule has 1 aromatic rings. The first kappa shape index (κ1) is 9.66. The Morgan fingerprint density at radius 2 is 1.94 bits per heavy atom. The van der Waals surface area contributed by atoms with Crippen LogP contribution in [0, 0.1) is 0 Å². The van der Waals surface area contributed by atoms with Crippen molar-refractivity contribution in [2.75, 3.05) is 36.5 Å². The first-order valence-corrected chi connectivity index (χ1v) is 5.60. The molecular weight excluding hydrogens is 202 g/mol. The molecule has 1 aromatic carbocycles. The number of benzene rings is 1. The second-order valence-corrected chi connectivity index (χ2v) is 4.38. The van der Waals surface area contributed by atoms with E-state index in [0.29, 0.717) is 12.6 Å². The minimum atomic E-state index is 0.172. The Bertz CT molecular complexity index is 428. The highest BCUT2D eigenvalue weighted by Gasteiger charge is 2.33. The summed E-state index contributed by atoms with van der Waals surface area (Å²) in [4.78, 5) is 15.8. The average Bonchev–Trinajstić information content (AvgIpc) is 2.23. The van der Waals surface area contributed by atoms with Gasteiger partial charge in [-0.25, -0.2) is 0 Å². The van der Waals surface area contributed by atoms with Gasteiger partial charge < -0.3 is 15.1 Å². The number of rotatable bonds is 1. The fourth-order valence-electron chi connectivity index (χ4n) is 2.28. The van der Waals surface area contributed by atoms with Gasteiger partial charge in [0.05, 0.1) is 24.0 Å². The number of para-hydroxylation sites is 2. The molecule has 0 spiro atoms. The van der Waals surface area contributed by atoms with E-state index in [1.165, 1.54) is 5.69 Å². The molecule has 1 N–H and O–H groups in total. The van der Waals surface area contributed by atoms with Gasteiger partial charge in [-0.05, 0) is 12.1 Å². The number of hydrogen-bond acceptors (Lipinski definition) is 3. The Hall–Kier alpha value is -1.55. The molecule has 0 bridgehead atoms. The zero-order chi connectivity index (χ0) is 11.1. The van der Waals surface area contributed by atoms with Crippen molar-refractivity contribution in [3.05, 3.63) is 24.3 Å². The lowest BCUT2D eigenvalue weighted by Gasteiger charge is -2.44. The molecule has 0 aromatic heterocycles. The summed E-state index contributed by atoms with van der Waals surface area (Å²) in [5.41, 5.74) is 2.20. The van der Waals surface area contributed by atoms with Crippen LogP contribution in [0.15, 0.2) is 24.3 Å². The maximum Gasteiger partial charge on any atom is 0.246 e. The summed E-state index contributed by atoms with van der Waals surface area (Å²) < 4.78 is 0. The van der Waals surface area contributed by atoms with Gasteiger partial charge in [0, 0.05) is 20.1 Å². The third-order valence-electron chi connectivity index (χ3n) is 3.43. The summed E-state index contributed by atoms with van der Waals surface area (Å²) >= 11 is 0. The van der Waals surface area contributed by atoms with Crippen LogP contribution in [0.4, 0.5) is 11.4 Å². The molecule has 1 saturated heterocycles. The zero-order valence-electron chi connectivity index (χ0n) is 9.31. The van der Waals surface area contributed by atoms with Crippen LogP contribution in [0.2, 0.25) is 0 Å². The summed E-state index contributed by atoms with van der Waals surface area (Å²) in [5, 5.41) is 3.25. The van der Waals surface area contributed by atoms with Crippen LogP contribution in [0.25, 0.3) is 0 Å². The smallest absolute Gasteiger partial charge is 0.246 e. The van der Waals surface area contributed by atoms with E-state index in [9.17, 15) is 4.79 Å². The van der Waals surface area contributed by atoms with Crippen molar-refractivity contribution in [1.29, 1.82) is 0 Å². The molecule has 0 unspecified atom stereocenters. The Morgan fingerprint density at radius 1 is 1.25 bits per heavy atom. The van der Waals surface area contributed by atoms with Crippen molar-refractivity contribution >= 4 is 17.3 Å². The highest BCUT2D eigenvalue weighted by molar-refractivity contribution is 6.02. The summed E-state index contributed by atoms with van der Waals surface area (Å²) in [6.07, 6.45) is 0. The molecular formula is C12H15N3O. The maximum absolute atomic E-state index is 11.9. The molecule has 2 aliphatic rings. The molecule has 4 nitrogen and oxygen atoms in total. The zero-order valence-corrected chi connectivity index (χ0v) is 9.31. The van der Waals surface area contributed by atoms with Crippen LogP contribution in [0.1, 0.15) is 0 Å². The Morgan fingerprint density at radius 3 is 2.56 bits per heavy atom. The number of nitrogens with zero attached hydrogens (tertiary/aromatic N) is 2. The monoisotopic (exact) mass is 217 g/mol. The van der Waals surface area contributed by atoms with E-state index in [1.807, 2.05) is 25.2 Å². The molecule has 0 saturated carbocycles. The fraction of sp³-hybridized carbons (Fsp3) is 0.417. The minimum absolute atomic E-state index is 0.172. The van der Waals surface area contributed by atoms with Gasteiger partial charge in [-0.2, -0.15) is 0 Å². The number of carbonyl (C=O) groups is 1. The molecule has 4 heteroatoms. The highest BCUT2D eigenvalue weighted by atomic mass is 16.2. The molecule has 16 heavy (non-hydrogen) atoms. The lowest BCUT2D eigenvalue weighted by atomic mass is 10.1. The third kappa shape index (κ3) is 1.30. The van der Waals surface area contributed by atoms with Crippen molar-refractivity contribution in [1.82, 2.24) is 5.32 Å². The van der Waals surface area contributed by atoms with Crippen LogP contribution < -0.4 is 15.1 Å². The Kier molecular flexibility index (Phi) is 2.11. The first-order valence-electron chi connectivity index (χ1n) is 5.60. The molecule has 1 amide bonds. The average molecular weight is 217 g/mol. The van der Waals surface area contributed by atoms with Crippen molar-refractivity contribution in [2.24, 2.45) is 0 Å². The lowest BCUT2D eigenvalue weighted by Crippen LogP contribution is -2.61. The number of carbonyl (C=O) groups excluding carboxylic acids is 1. The molecule has 3 rings (SSSR count). The van der Waals surface area contributed by atoms with Crippen molar-refractivity contribution in [2.45, 2.75) is 6.04 Å². The van der Waals surface area contributed by atoms with E-state index in [2.05, 4.69) is 16.3 Å². The number of fused-ring (bicyclic) bond motifs is 1. The van der Waals surface area contributed by atoms with E-state index in [0.717, 1.165) is 18.8 Å². The molecule has 0 aliphatic carbocycles. The van der Waals surface area contributed by atoms with Crippen molar-refractivity contribution in [3.63, 3.8) is 0 Å². The minimum Gasteiger partial charge on any atom is -0.355 e. The van der Waals surface area contributed by atoms with E-state index in [4.69, 9.17) is 0 Å². The van der Waals surface area contributed by atoms with Crippen LogP contribution in [-0.4, -0.2) is 38.6 Å². The number of likely N-dealkylation sites (N-methyl/N-ethyl adjacent to an activating group) is 1. The molecule has 84 valence electrons. The van der Waals surface area contributed by atoms with Crippen LogP contribution >= 0.6 is 0 Å². The van der Waals surface area contributed by atoms with E-state index < -0.39 is 0 Å². The molecule has 1 fully saturated rings. The highest BCUT2D eigenvalue weighted by Crippen LogP contribution is 2.34. The topological polar surface area (TPSA) is 35.6 Å². The summed E-state index contributed by atoms with van der Waals surface area (Å²) in [6.45, 7) is 2.45. The summed E-state index contributed by atoms with van der Waals surface area (Å²) in [7, 11) is 1.84. The molecule has 0 atom stereocenters. The SMILES string of the molecule is CN1C(=O)CN(C2CNC2)c2ccccc21. The van der Waals surface area contributed by atoms with Crippen LogP contribution in [-0.2, 0) is 4.79 Å². The van der Waals surface area contributed by atoms with Gasteiger partial charge >= 0.3 is 0 Å². The third-order valence-corrected chi connectivity index (χ3v) is 3.43. The number of anilines is 2. The molecule has 2 aliphatic heterocycles. The summed E-state index contributed by atoms with van der Waals surface area (Å²) in [5.74, 6) is 0.172. The normalized spacial score (nSPS) is 20.7. The second kappa shape index (κ2) is 3.49. The van der Waals surface area contributed by atoms with Gasteiger partial charge in [-0.3, -0.25) is 4.79 Å². The summed E-state index contributed by atoms with van der Waals surface area (Å²) in [6, 6.07) is 8.58. The standard InChI is InChI=1S/C12H15N3O/c1-14-10-4-2-3-5-11(10)15(8-12(14)16)9-6-13-7-9/h2-5,9,13H,6-8H2,1H3. The van der Waals surface area contributed by atoms with Gasteiger partial charge in [-0.1, -0.05) is 12.1 Å². The lowest BCUT2D eigenvalue weighted by molar-refractivity contribution is -0.117. The van der Waals surface area contributed by atoms with Crippen LogP contribution in [0.5, 0.6) is 0 Å². The number of amides is 1. The van der Waals surface area contributed by atoms with Crippen LogP contribution in [0.3, 0.4) is 0 Å². The van der Waals surface area contributed by atoms with E-state index >= 15 is 0 Å². The quantitative estimate of drug-likeness (QED) is 0.741. The Labute approximate surface area is 94.8 Å². The van der Waals surface area contributed by atoms with Gasteiger partial charge in [0.2, 0.25) is 5.91 Å². The predicted molar refractivity (Wildman–Crippen MR) is 63.9 cm³/mol. The predicted octanol–water partition coefficient (Wildman–Crippen LogP) is 0.441. The van der Waals surface area contributed by atoms with E-state index in [-0.39, 0.29) is 5.91 Å². The number of nitrogens with one attached hydrogen (secondary N) is 1. The van der Waals surface area contributed by atoms with Gasteiger partial charge in [0.15, 0.2) is 0 Å². The van der Waals surface area contributed by atoms with Crippen molar-refractivity contribution in [3.8, 4) is 0 Å². The Balaban J connectivity index is 2.02. The van der Waals surface area contributed by atoms with Gasteiger partial charge in [0.25, 0.3) is 0 Å². The molecule has 2 heterocycles. The second-order valence-electron chi connectivity index (χ2n) is 4.38. The first-order chi connectivity index (χ1) is 7.77. The largest absolute Gasteiger partial charge is 0.355 e. The van der Waals surface area contributed by atoms with Crippen molar-refractivity contribution < 1.29 is 4.79 Å².